The highest BCUT2D eigenvalue weighted by molar-refractivity contribution is 7.91. The summed E-state index contributed by atoms with van der Waals surface area (Å²) in [7, 11) is -3.07. The molecular formula is C15H22N2O3S2. The van der Waals surface area contributed by atoms with E-state index in [2.05, 4.69) is 10.2 Å². The molecule has 2 aliphatic heterocycles. The van der Waals surface area contributed by atoms with Crippen molar-refractivity contribution in [1.82, 2.24) is 10.2 Å². The first-order chi connectivity index (χ1) is 10.5. The third-order valence-electron chi connectivity index (χ3n) is 4.58. The van der Waals surface area contributed by atoms with Crippen LogP contribution < -0.4 is 5.32 Å². The first-order valence-corrected chi connectivity index (χ1v) is 10.5. The summed E-state index contributed by atoms with van der Waals surface area (Å²) in [5.74, 6) is 0.105. The lowest BCUT2D eigenvalue weighted by Crippen LogP contribution is -2.50. The Balaban J connectivity index is 1.75. The molecule has 0 saturated carbocycles. The van der Waals surface area contributed by atoms with Crippen molar-refractivity contribution in [2.45, 2.75) is 38.3 Å². The standard InChI is InChI=1S/C15H22N2O3S2/c1-2-11-5-8-21-14(11)15(18)16-12-9-22(19,20)10-13(12)17-6-3-4-7-17/h5,8,12-13H,2-4,6-7,9-10H2,1H3,(H,16,18)/t12-,13+/m1/s1. The van der Waals surface area contributed by atoms with E-state index in [4.69, 9.17) is 0 Å². The number of hydrogen-bond donors (Lipinski definition) is 1. The molecule has 1 N–H and O–H groups in total. The van der Waals surface area contributed by atoms with E-state index in [0.29, 0.717) is 4.88 Å². The van der Waals surface area contributed by atoms with Gasteiger partial charge in [0.1, 0.15) is 0 Å². The molecule has 2 atom stereocenters. The van der Waals surface area contributed by atoms with Crippen LogP contribution in [0.3, 0.4) is 0 Å². The molecule has 5 nitrogen and oxygen atoms in total. The van der Waals surface area contributed by atoms with Crippen molar-refractivity contribution in [3.05, 3.63) is 21.9 Å². The van der Waals surface area contributed by atoms with Gasteiger partial charge < -0.3 is 5.32 Å². The number of carbonyl (C=O) groups is 1. The first-order valence-electron chi connectivity index (χ1n) is 7.82. The summed E-state index contributed by atoms with van der Waals surface area (Å²) in [6.07, 6.45) is 3.04. The van der Waals surface area contributed by atoms with E-state index in [-0.39, 0.29) is 29.5 Å². The van der Waals surface area contributed by atoms with E-state index in [1.54, 1.807) is 0 Å². The molecule has 0 radical (unpaired) electrons. The monoisotopic (exact) mass is 342 g/mol. The highest BCUT2D eigenvalue weighted by Crippen LogP contribution is 2.24. The fourth-order valence-electron chi connectivity index (χ4n) is 3.45. The van der Waals surface area contributed by atoms with Crippen molar-refractivity contribution < 1.29 is 13.2 Å². The quantitative estimate of drug-likeness (QED) is 0.896. The lowest BCUT2D eigenvalue weighted by atomic mass is 10.1. The van der Waals surface area contributed by atoms with Gasteiger partial charge in [-0.25, -0.2) is 8.42 Å². The second-order valence-electron chi connectivity index (χ2n) is 6.10. The van der Waals surface area contributed by atoms with Gasteiger partial charge in [0.05, 0.1) is 22.4 Å². The van der Waals surface area contributed by atoms with Crippen LogP contribution in [0.2, 0.25) is 0 Å². The number of hydrogen-bond acceptors (Lipinski definition) is 5. The number of sulfone groups is 1. The van der Waals surface area contributed by atoms with Gasteiger partial charge in [-0.15, -0.1) is 11.3 Å². The Bertz CT molecular complexity index is 647. The molecule has 0 spiro atoms. The SMILES string of the molecule is CCc1ccsc1C(=O)N[C@@H]1CS(=O)(=O)C[C@@H]1N1CCCC1. The maximum absolute atomic E-state index is 12.5. The molecule has 0 bridgehead atoms. The topological polar surface area (TPSA) is 66.5 Å². The number of thiophene rings is 1. The summed E-state index contributed by atoms with van der Waals surface area (Å²) < 4.78 is 24.0. The lowest BCUT2D eigenvalue weighted by molar-refractivity contribution is 0.0922. The number of aryl methyl sites for hydroxylation is 1. The minimum atomic E-state index is -3.07. The zero-order valence-electron chi connectivity index (χ0n) is 12.7. The largest absolute Gasteiger partial charge is 0.346 e. The van der Waals surface area contributed by atoms with Crippen LogP contribution in [-0.4, -0.2) is 55.9 Å². The van der Waals surface area contributed by atoms with Gasteiger partial charge in [-0.3, -0.25) is 9.69 Å². The zero-order chi connectivity index (χ0) is 15.7. The van der Waals surface area contributed by atoms with Gasteiger partial charge in [-0.05, 0) is 49.4 Å². The molecule has 22 heavy (non-hydrogen) atoms. The normalized spacial score (nSPS) is 28.0. The minimum absolute atomic E-state index is 0.0622. The summed E-state index contributed by atoms with van der Waals surface area (Å²) in [5.41, 5.74) is 1.03. The number of nitrogens with zero attached hydrogens (tertiary/aromatic N) is 1. The molecule has 0 aromatic carbocycles. The van der Waals surface area contributed by atoms with Gasteiger partial charge >= 0.3 is 0 Å². The smallest absolute Gasteiger partial charge is 0.261 e. The molecule has 2 aliphatic rings. The van der Waals surface area contributed by atoms with Crippen LogP contribution in [0, 0.1) is 0 Å². The van der Waals surface area contributed by atoms with Crippen LogP contribution >= 0.6 is 11.3 Å². The van der Waals surface area contributed by atoms with E-state index in [9.17, 15) is 13.2 Å². The average Bonchev–Trinajstić information content (AvgIpc) is 3.17. The molecule has 3 heterocycles. The summed E-state index contributed by atoms with van der Waals surface area (Å²) in [6, 6.07) is 1.60. The molecule has 1 amide bonds. The molecule has 1 aromatic heterocycles. The summed E-state index contributed by atoms with van der Waals surface area (Å²) in [6.45, 7) is 3.89. The van der Waals surface area contributed by atoms with Gasteiger partial charge in [0, 0.05) is 6.04 Å². The van der Waals surface area contributed by atoms with Crippen molar-refractivity contribution in [3.63, 3.8) is 0 Å². The molecular weight excluding hydrogens is 320 g/mol. The van der Waals surface area contributed by atoms with Crippen molar-refractivity contribution >= 4 is 27.1 Å². The number of amides is 1. The highest BCUT2D eigenvalue weighted by atomic mass is 32.2. The molecule has 2 saturated heterocycles. The Morgan fingerprint density at radius 1 is 1.36 bits per heavy atom. The van der Waals surface area contributed by atoms with Crippen LogP contribution in [0.15, 0.2) is 11.4 Å². The predicted molar refractivity (Wildman–Crippen MR) is 88.2 cm³/mol. The first kappa shape index (κ1) is 16.0. The van der Waals surface area contributed by atoms with Crippen LogP contribution in [0.5, 0.6) is 0 Å². The third-order valence-corrected chi connectivity index (χ3v) is 7.25. The van der Waals surface area contributed by atoms with E-state index in [1.165, 1.54) is 11.3 Å². The van der Waals surface area contributed by atoms with Gasteiger partial charge in [0.2, 0.25) is 0 Å². The zero-order valence-corrected chi connectivity index (χ0v) is 14.4. The Morgan fingerprint density at radius 2 is 2.09 bits per heavy atom. The number of carbonyl (C=O) groups excluding carboxylic acids is 1. The molecule has 3 rings (SSSR count). The predicted octanol–water partition coefficient (Wildman–Crippen LogP) is 1.30. The number of nitrogens with one attached hydrogen (secondary N) is 1. The van der Waals surface area contributed by atoms with Crippen molar-refractivity contribution in [2.24, 2.45) is 0 Å². The lowest BCUT2D eigenvalue weighted by Gasteiger charge is -2.28. The Labute approximate surface area is 135 Å². The van der Waals surface area contributed by atoms with Gasteiger partial charge in [0.25, 0.3) is 5.91 Å². The summed E-state index contributed by atoms with van der Waals surface area (Å²) in [4.78, 5) is 15.4. The van der Waals surface area contributed by atoms with E-state index in [0.717, 1.165) is 37.9 Å². The number of likely N-dealkylation sites (tertiary alicyclic amines) is 1. The maximum Gasteiger partial charge on any atom is 0.261 e. The third kappa shape index (κ3) is 3.21. The van der Waals surface area contributed by atoms with E-state index < -0.39 is 9.84 Å². The molecule has 0 unspecified atom stereocenters. The second kappa shape index (κ2) is 6.29. The van der Waals surface area contributed by atoms with Crippen molar-refractivity contribution in [1.29, 1.82) is 0 Å². The van der Waals surface area contributed by atoms with Gasteiger partial charge in [-0.1, -0.05) is 6.92 Å². The fourth-order valence-corrected chi connectivity index (χ4v) is 6.30. The molecule has 1 aromatic rings. The van der Waals surface area contributed by atoms with E-state index in [1.807, 2.05) is 18.4 Å². The van der Waals surface area contributed by atoms with Crippen molar-refractivity contribution in [2.75, 3.05) is 24.6 Å². The fraction of sp³-hybridized carbons (Fsp3) is 0.667. The number of rotatable bonds is 4. The van der Waals surface area contributed by atoms with Crippen LogP contribution in [0.1, 0.15) is 35.0 Å². The Kier molecular flexibility index (Phi) is 4.56. The molecule has 2 fully saturated rings. The molecule has 0 aliphatic carbocycles. The van der Waals surface area contributed by atoms with Crippen LogP contribution in [0.4, 0.5) is 0 Å². The van der Waals surface area contributed by atoms with Crippen molar-refractivity contribution in [3.8, 4) is 0 Å². The van der Waals surface area contributed by atoms with Gasteiger partial charge in [-0.2, -0.15) is 0 Å². The average molecular weight is 342 g/mol. The van der Waals surface area contributed by atoms with Gasteiger partial charge in [0.15, 0.2) is 9.84 Å². The van der Waals surface area contributed by atoms with Crippen LogP contribution in [-0.2, 0) is 16.3 Å². The highest BCUT2D eigenvalue weighted by Gasteiger charge is 2.42. The molecule has 7 heteroatoms. The molecule has 122 valence electrons. The van der Waals surface area contributed by atoms with Crippen LogP contribution in [0.25, 0.3) is 0 Å². The summed E-state index contributed by atoms with van der Waals surface area (Å²) >= 11 is 1.42. The van der Waals surface area contributed by atoms with E-state index >= 15 is 0 Å². The second-order valence-corrected chi connectivity index (χ2v) is 9.17. The summed E-state index contributed by atoms with van der Waals surface area (Å²) in [5, 5.41) is 4.90. The minimum Gasteiger partial charge on any atom is -0.346 e. The Morgan fingerprint density at radius 3 is 2.77 bits per heavy atom. The Hall–Kier alpha value is -0.920. The maximum atomic E-state index is 12.5.